The molecule has 0 saturated carbocycles. The van der Waals surface area contributed by atoms with Crippen LogP contribution in [0.5, 0.6) is 5.75 Å². The van der Waals surface area contributed by atoms with Gasteiger partial charge in [0.2, 0.25) is 5.91 Å². The average Bonchev–Trinajstić information content (AvgIpc) is 2.87. The molecule has 7 heteroatoms. The van der Waals surface area contributed by atoms with Gasteiger partial charge in [0.05, 0.1) is 30.1 Å². The van der Waals surface area contributed by atoms with E-state index in [2.05, 4.69) is 4.90 Å². The van der Waals surface area contributed by atoms with E-state index in [1.54, 1.807) is 11.7 Å². The van der Waals surface area contributed by atoms with Gasteiger partial charge in [0.25, 0.3) is 0 Å². The number of fused-ring (bicyclic) bond motifs is 1. The van der Waals surface area contributed by atoms with Gasteiger partial charge in [-0.15, -0.1) is 0 Å². The molecule has 1 aromatic heterocycles. The van der Waals surface area contributed by atoms with E-state index in [1.807, 2.05) is 38.5 Å². The zero-order valence-electron chi connectivity index (χ0n) is 14.2. The van der Waals surface area contributed by atoms with E-state index in [0.717, 1.165) is 35.2 Å². The third-order valence-corrected chi connectivity index (χ3v) is 6.24. The number of carbonyl (C=O) groups excluding carboxylic acids is 1. The van der Waals surface area contributed by atoms with Crippen LogP contribution in [0.3, 0.4) is 0 Å². The van der Waals surface area contributed by atoms with Crippen molar-refractivity contribution in [2.24, 2.45) is 5.92 Å². The largest absolute Gasteiger partial charge is 0.497 e. The molecule has 0 aliphatic carbocycles. The normalized spacial score (nSPS) is 17.2. The molecule has 2 aromatic rings. The van der Waals surface area contributed by atoms with Crippen molar-refractivity contribution in [2.75, 3.05) is 39.3 Å². The summed E-state index contributed by atoms with van der Waals surface area (Å²) in [5.74, 6) is 0.0687. The third-order valence-electron chi connectivity index (χ3n) is 4.42. The van der Waals surface area contributed by atoms with Crippen LogP contribution in [0.25, 0.3) is 10.9 Å². The molecular formula is C17H22N2O4S. The number of benzene rings is 1. The minimum atomic E-state index is -3.02. The molecule has 0 radical (unpaired) electrons. The lowest BCUT2D eigenvalue weighted by Gasteiger charge is -2.24. The highest BCUT2D eigenvalue weighted by Gasteiger charge is 2.39. The molecule has 0 unspecified atom stereocenters. The van der Waals surface area contributed by atoms with Crippen molar-refractivity contribution in [2.45, 2.75) is 6.42 Å². The summed E-state index contributed by atoms with van der Waals surface area (Å²) in [7, 11) is 2.60. The summed E-state index contributed by atoms with van der Waals surface area (Å²) < 4.78 is 29.7. The fourth-order valence-corrected chi connectivity index (χ4v) is 4.45. The molecule has 0 bridgehead atoms. The Labute approximate surface area is 141 Å². The first-order valence-corrected chi connectivity index (χ1v) is 9.70. The molecule has 130 valence electrons. The number of hydrogen-bond acceptors (Lipinski definition) is 5. The fraction of sp³-hybridized carbons (Fsp3) is 0.471. The van der Waals surface area contributed by atoms with Crippen molar-refractivity contribution >= 4 is 26.6 Å². The van der Waals surface area contributed by atoms with Gasteiger partial charge in [-0.3, -0.25) is 9.36 Å². The Morgan fingerprint density at radius 2 is 2.04 bits per heavy atom. The van der Waals surface area contributed by atoms with E-state index < -0.39 is 15.8 Å². The highest BCUT2D eigenvalue weighted by Crippen LogP contribution is 2.29. The Morgan fingerprint density at radius 1 is 1.33 bits per heavy atom. The van der Waals surface area contributed by atoms with Gasteiger partial charge < -0.3 is 9.64 Å². The Balaban J connectivity index is 1.99. The number of ether oxygens (including phenoxy) is 1. The van der Waals surface area contributed by atoms with Gasteiger partial charge in [0.1, 0.15) is 5.75 Å². The van der Waals surface area contributed by atoms with Crippen molar-refractivity contribution in [1.82, 2.24) is 9.47 Å². The molecule has 0 N–H and O–H groups in total. The predicted octanol–water partition coefficient (Wildman–Crippen LogP) is 1.44. The molecule has 6 nitrogen and oxygen atoms in total. The van der Waals surface area contributed by atoms with Crippen molar-refractivity contribution < 1.29 is 17.9 Å². The van der Waals surface area contributed by atoms with Crippen LogP contribution in [0.1, 0.15) is 10.4 Å². The van der Waals surface area contributed by atoms with Crippen molar-refractivity contribution in [3.05, 3.63) is 30.0 Å². The summed E-state index contributed by atoms with van der Waals surface area (Å²) in [5, 5.41) is 0.978. The van der Waals surface area contributed by atoms with Crippen LogP contribution in [-0.4, -0.2) is 63.0 Å². The maximum Gasteiger partial charge on any atom is 0.236 e. The molecule has 0 amide bonds. The Kier molecular flexibility index (Phi) is 4.40. The zero-order valence-corrected chi connectivity index (χ0v) is 15.0. The summed E-state index contributed by atoms with van der Waals surface area (Å²) in [5.41, 5.74) is 1.87. The Hall–Kier alpha value is -1.86. The van der Waals surface area contributed by atoms with Crippen molar-refractivity contribution in [3.8, 4) is 5.75 Å². The van der Waals surface area contributed by atoms with Crippen LogP contribution in [0.15, 0.2) is 24.4 Å². The standard InChI is InChI=1S/C17H22N2O4S/c1-18(2)7-6-12-9-19(17(20)13-10-24(21,22)11-13)16-5-4-14(23-3)8-15(12)16/h4-5,8-9,13H,6-7,10-11H2,1-3H3. The monoisotopic (exact) mass is 350 g/mol. The number of sulfone groups is 1. The number of carbonyl (C=O) groups is 1. The van der Waals surface area contributed by atoms with E-state index in [0.29, 0.717) is 0 Å². The van der Waals surface area contributed by atoms with E-state index in [-0.39, 0.29) is 17.4 Å². The maximum absolute atomic E-state index is 12.7. The Morgan fingerprint density at radius 3 is 2.62 bits per heavy atom. The lowest BCUT2D eigenvalue weighted by molar-refractivity contribution is 0.0855. The number of aromatic nitrogens is 1. The summed E-state index contributed by atoms with van der Waals surface area (Å²) >= 11 is 0. The van der Waals surface area contributed by atoms with E-state index in [4.69, 9.17) is 4.74 Å². The molecule has 2 heterocycles. The minimum absolute atomic E-state index is 0.0469. The number of hydrogen-bond donors (Lipinski definition) is 0. The first-order valence-electron chi connectivity index (χ1n) is 7.88. The fourth-order valence-electron chi connectivity index (χ4n) is 3.03. The quantitative estimate of drug-likeness (QED) is 0.816. The van der Waals surface area contributed by atoms with E-state index >= 15 is 0 Å². The van der Waals surface area contributed by atoms with Crippen LogP contribution in [0.2, 0.25) is 0 Å². The van der Waals surface area contributed by atoms with Crippen molar-refractivity contribution in [3.63, 3.8) is 0 Å². The minimum Gasteiger partial charge on any atom is -0.497 e. The third kappa shape index (κ3) is 3.18. The van der Waals surface area contributed by atoms with Gasteiger partial charge in [-0.25, -0.2) is 8.42 Å². The molecule has 0 atom stereocenters. The second-order valence-electron chi connectivity index (χ2n) is 6.57. The van der Waals surface area contributed by atoms with Gasteiger partial charge in [0.15, 0.2) is 9.84 Å². The molecule has 1 aliphatic rings. The van der Waals surface area contributed by atoms with E-state index in [1.165, 1.54) is 0 Å². The number of rotatable bonds is 5. The maximum atomic E-state index is 12.7. The first-order chi connectivity index (χ1) is 11.3. The zero-order chi connectivity index (χ0) is 17.5. The molecular weight excluding hydrogens is 328 g/mol. The second-order valence-corrected chi connectivity index (χ2v) is 8.73. The highest BCUT2D eigenvalue weighted by molar-refractivity contribution is 7.92. The van der Waals surface area contributed by atoms with Crippen LogP contribution < -0.4 is 4.74 Å². The molecule has 24 heavy (non-hydrogen) atoms. The van der Waals surface area contributed by atoms with Gasteiger partial charge in [-0.05, 0) is 44.3 Å². The molecule has 0 spiro atoms. The number of likely N-dealkylation sites (N-methyl/N-ethyl adjacent to an activating group) is 1. The van der Waals surface area contributed by atoms with Crippen LogP contribution in [0, 0.1) is 5.92 Å². The molecule has 1 aromatic carbocycles. The topological polar surface area (TPSA) is 68.6 Å². The highest BCUT2D eigenvalue weighted by atomic mass is 32.2. The van der Waals surface area contributed by atoms with Crippen molar-refractivity contribution in [1.29, 1.82) is 0 Å². The predicted molar refractivity (Wildman–Crippen MR) is 93.5 cm³/mol. The van der Waals surface area contributed by atoms with Crippen LogP contribution >= 0.6 is 0 Å². The molecule has 1 fully saturated rings. The van der Waals surface area contributed by atoms with E-state index in [9.17, 15) is 13.2 Å². The first kappa shape index (κ1) is 17.0. The lowest BCUT2D eigenvalue weighted by Crippen LogP contribution is -2.43. The van der Waals surface area contributed by atoms with Crippen LogP contribution in [0.4, 0.5) is 0 Å². The molecule has 1 aliphatic heterocycles. The van der Waals surface area contributed by atoms with Gasteiger partial charge in [-0.1, -0.05) is 0 Å². The number of methoxy groups -OCH3 is 1. The van der Waals surface area contributed by atoms with Crippen LogP contribution in [-0.2, 0) is 16.3 Å². The lowest BCUT2D eigenvalue weighted by atomic mass is 10.1. The second kappa shape index (κ2) is 6.22. The summed E-state index contributed by atoms with van der Waals surface area (Å²) in [4.78, 5) is 14.8. The summed E-state index contributed by atoms with van der Waals surface area (Å²) in [6.45, 7) is 0.863. The van der Waals surface area contributed by atoms with Gasteiger partial charge in [-0.2, -0.15) is 0 Å². The number of nitrogens with zero attached hydrogens (tertiary/aromatic N) is 2. The molecule has 3 rings (SSSR count). The SMILES string of the molecule is COc1ccc2c(c1)c(CCN(C)C)cn2C(=O)C1CS(=O)(=O)C1. The van der Waals surface area contributed by atoms with Gasteiger partial charge in [0, 0.05) is 18.1 Å². The van der Waals surface area contributed by atoms with Gasteiger partial charge >= 0.3 is 0 Å². The average molecular weight is 350 g/mol. The molecule has 1 saturated heterocycles. The summed E-state index contributed by atoms with van der Waals surface area (Å²) in [6, 6.07) is 5.61. The Bertz CT molecular complexity index is 871. The smallest absolute Gasteiger partial charge is 0.236 e. The summed E-state index contributed by atoms with van der Waals surface area (Å²) in [6.07, 6.45) is 2.65.